The molecule has 3 aromatic carbocycles. The van der Waals surface area contributed by atoms with Crippen LogP contribution in [0.3, 0.4) is 0 Å². The van der Waals surface area contributed by atoms with Gasteiger partial charge in [0, 0.05) is 12.2 Å². The summed E-state index contributed by atoms with van der Waals surface area (Å²) in [5.41, 5.74) is 4.40. The molecule has 8 heteroatoms. The molecular weight excluding hydrogens is 482 g/mol. The number of hydrogen-bond acceptors (Lipinski definition) is 5. The van der Waals surface area contributed by atoms with Crippen LogP contribution in [-0.4, -0.2) is 30.7 Å². The molecule has 38 heavy (non-hydrogen) atoms. The van der Waals surface area contributed by atoms with Gasteiger partial charge in [0.1, 0.15) is 19.3 Å². The maximum atomic E-state index is 13.1. The van der Waals surface area contributed by atoms with Crippen molar-refractivity contribution in [1.29, 1.82) is 0 Å². The van der Waals surface area contributed by atoms with Crippen molar-refractivity contribution in [3.8, 4) is 0 Å². The van der Waals surface area contributed by atoms with E-state index in [4.69, 9.17) is 9.47 Å². The third-order valence-electron chi connectivity index (χ3n) is 5.87. The second kappa shape index (κ2) is 15.0. The van der Waals surface area contributed by atoms with E-state index >= 15 is 0 Å². The Kier molecular flexibility index (Phi) is 11.2. The second-order valence-corrected chi connectivity index (χ2v) is 9.05. The first-order chi connectivity index (χ1) is 18.4. The van der Waals surface area contributed by atoms with Gasteiger partial charge in [-0.25, -0.2) is 9.59 Å². The fourth-order valence-electron chi connectivity index (χ4n) is 3.70. The molecule has 0 saturated carbocycles. The minimum absolute atomic E-state index is 0.104. The Hall–Kier alpha value is -4.33. The number of benzene rings is 3. The minimum Gasteiger partial charge on any atom is -0.445 e. The fraction of sp³-hybridized carbons (Fsp3) is 0.300. The summed E-state index contributed by atoms with van der Waals surface area (Å²) in [6, 6.07) is 23.8. The molecule has 8 nitrogen and oxygen atoms in total. The number of rotatable bonds is 12. The number of carbonyl (C=O) groups is 3. The Morgan fingerprint density at radius 2 is 1.37 bits per heavy atom. The van der Waals surface area contributed by atoms with E-state index in [0.29, 0.717) is 31.5 Å². The third-order valence-corrected chi connectivity index (χ3v) is 5.87. The summed E-state index contributed by atoms with van der Waals surface area (Å²) in [4.78, 5) is 37.5. The van der Waals surface area contributed by atoms with Crippen LogP contribution in [0.5, 0.6) is 0 Å². The van der Waals surface area contributed by atoms with Crippen molar-refractivity contribution in [2.75, 3.05) is 11.9 Å². The molecule has 0 aliphatic carbocycles. The van der Waals surface area contributed by atoms with Crippen LogP contribution in [0, 0.1) is 13.8 Å². The number of anilines is 1. The van der Waals surface area contributed by atoms with Crippen molar-refractivity contribution in [1.82, 2.24) is 10.6 Å². The van der Waals surface area contributed by atoms with Gasteiger partial charge in [0.25, 0.3) is 0 Å². The molecule has 0 aliphatic heterocycles. The summed E-state index contributed by atoms with van der Waals surface area (Å²) >= 11 is 0. The van der Waals surface area contributed by atoms with Crippen LogP contribution in [0.15, 0.2) is 78.9 Å². The molecule has 0 bridgehead atoms. The predicted molar refractivity (Wildman–Crippen MR) is 147 cm³/mol. The maximum Gasteiger partial charge on any atom is 0.408 e. The highest BCUT2D eigenvalue weighted by atomic mass is 16.6. The Labute approximate surface area is 223 Å². The maximum absolute atomic E-state index is 13.1. The lowest BCUT2D eigenvalue weighted by Gasteiger charge is -2.19. The van der Waals surface area contributed by atoms with Gasteiger partial charge >= 0.3 is 12.2 Å². The van der Waals surface area contributed by atoms with Crippen molar-refractivity contribution in [3.63, 3.8) is 0 Å². The molecule has 0 aromatic heterocycles. The van der Waals surface area contributed by atoms with Gasteiger partial charge in [-0.15, -0.1) is 0 Å². The van der Waals surface area contributed by atoms with E-state index < -0.39 is 18.2 Å². The summed E-state index contributed by atoms with van der Waals surface area (Å²) in [6.45, 7) is 4.55. The van der Waals surface area contributed by atoms with Crippen molar-refractivity contribution >= 4 is 23.8 Å². The van der Waals surface area contributed by atoms with E-state index in [1.165, 1.54) is 0 Å². The highest BCUT2D eigenvalue weighted by Crippen LogP contribution is 2.17. The highest BCUT2D eigenvalue weighted by molar-refractivity contribution is 5.97. The summed E-state index contributed by atoms with van der Waals surface area (Å²) in [7, 11) is 0. The molecule has 0 fully saturated rings. The van der Waals surface area contributed by atoms with Gasteiger partial charge in [-0.05, 0) is 61.4 Å². The van der Waals surface area contributed by atoms with Crippen LogP contribution in [0.25, 0.3) is 0 Å². The molecule has 0 spiro atoms. The molecule has 3 rings (SSSR count). The van der Waals surface area contributed by atoms with Crippen LogP contribution >= 0.6 is 0 Å². The Bertz CT molecular complexity index is 1190. The largest absolute Gasteiger partial charge is 0.445 e. The van der Waals surface area contributed by atoms with Gasteiger partial charge in [-0.3, -0.25) is 4.79 Å². The van der Waals surface area contributed by atoms with E-state index in [9.17, 15) is 14.4 Å². The normalized spacial score (nSPS) is 11.2. The standard InChI is InChI=1S/C30H35N3O5/c1-22-16-17-23(2)27(19-22)32-28(34)26(33-30(36)38-21-25-13-7-4-8-14-25)15-9-10-18-31-29(35)37-20-24-11-5-3-6-12-24/h3-8,11-14,16-17,19,26H,9-10,15,18,20-21H2,1-2H3,(H,31,35)(H,32,34)(H,33,36)/t26-/m0/s1. The number of amides is 3. The average molecular weight is 518 g/mol. The number of carbonyl (C=O) groups excluding carboxylic acids is 3. The Morgan fingerprint density at radius 1 is 0.763 bits per heavy atom. The summed E-state index contributed by atoms with van der Waals surface area (Å²) in [6.07, 6.45) is 0.396. The lowest BCUT2D eigenvalue weighted by atomic mass is 10.1. The van der Waals surface area contributed by atoms with E-state index in [0.717, 1.165) is 22.3 Å². The predicted octanol–water partition coefficient (Wildman–Crippen LogP) is 5.63. The van der Waals surface area contributed by atoms with Gasteiger partial charge in [0.2, 0.25) is 5.91 Å². The summed E-state index contributed by atoms with van der Waals surface area (Å²) < 4.78 is 10.5. The van der Waals surface area contributed by atoms with Crippen LogP contribution in [0.4, 0.5) is 15.3 Å². The van der Waals surface area contributed by atoms with Crippen LogP contribution in [0.2, 0.25) is 0 Å². The Balaban J connectivity index is 1.48. The quantitative estimate of drug-likeness (QED) is 0.270. The SMILES string of the molecule is Cc1ccc(C)c(NC(=O)[C@H](CCCCNC(=O)OCc2ccccc2)NC(=O)OCc2ccccc2)c1. The number of alkyl carbamates (subject to hydrolysis) is 2. The number of ether oxygens (including phenoxy) is 2. The minimum atomic E-state index is -0.803. The fourth-order valence-corrected chi connectivity index (χ4v) is 3.70. The van der Waals surface area contributed by atoms with Crippen LogP contribution in [-0.2, 0) is 27.5 Å². The summed E-state index contributed by atoms with van der Waals surface area (Å²) in [5.74, 6) is -0.328. The van der Waals surface area contributed by atoms with Gasteiger partial charge in [-0.2, -0.15) is 0 Å². The molecule has 0 aliphatic rings. The first-order valence-corrected chi connectivity index (χ1v) is 12.7. The lowest BCUT2D eigenvalue weighted by molar-refractivity contribution is -0.118. The molecule has 0 radical (unpaired) electrons. The Morgan fingerprint density at radius 3 is 2.00 bits per heavy atom. The van der Waals surface area contributed by atoms with Gasteiger partial charge in [0.05, 0.1) is 0 Å². The molecule has 3 amide bonds. The molecule has 0 unspecified atom stereocenters. The number of hydrogen-bond donors (Lipinski definition) is 3. The molecule has 0 heterocycles. The van der Waals surface area contributed by atoms with E-state index in [1.807, 2.05) is 92.7 Å². The van der Waals surface area contributed by atoms with Crippen LogP contribution in [0.1, 0.15) is 41.5 Å². The highest BCUT2D eigenvalue weighted by Gasteiger charge is 2.22. The zero-order valence-corrected chi connectivity index (χ0v) is 21.9. The molecule has 3 aromatic rings. The van der Waals surface area contributed by atoms with Crippen molar-refractivity contribution < 1.29 is 23.9 Å². The van der Waals surface area contributed by atoms with Gasteiger partial charge < -0.3 is 25.4 Å². The number of unbranched alkanes of at least 4 members (excludes halogenated alkanes) is 1. The van der Waals surface area contributed by atoms with E-state index in [2.05, 4.69) is 16.0 Å². The summed E-state index contributed by atoms with van der Waals surface area (Å²) in [5, 5.41) is 8.33. The molecule has 200 valence electrons. The monoisotopic (exact) mass is 517 g/mol. The number of aryl methyl sites for hydroxylation is 2. The number of nitrogens with one attached hydrogen (secondary N) is 3. The second-order valence-electron chi connectivity index (χ2n) is 9.05. The van der Waals surface area contributed by atoms with Crippen molar-refractivity contribution in [2.24, 2.45) is 0 Å². The molecule has 0 saturated heterocycles. The molecular formula is C30H35N3O5. The topological polar surface area (TPSA) is 106 Å². The van der Waals surface area contributed by atoms with Crippen molar-refractivity contribution in [2.45, 2.75) is 52.4 Å². The lowest BCUT2D eigenvalue weighted by Crippen LogP contribution is -2.44. The smallest absolute Gasteiger partial charge is 0.408 e. The average Bonchev–Trinajstić information content (AvgIpc) is 2.93. The zero-order valence-electron chi connectivity index (χ0n) is 21.9. The molecule has 3 N–H and O–H groups in total. The zero-order chi connectivity index (χ0) is 27.2. The third kappa shape index (κ3) is 9.97. The van der Waals surface area contributed by atoms with E-state index in [-0.39, 0.29) is 19.1 Å². The van der Waals surface area contributed by atoms with Gasteiger partial charge in [-0.1, -0.05) is 72.8 Å². The molecule has 1 atom stereocenters. The van der Waals surface area contributed by atoms with Gasteiger partial charge in [0.15, 0.2) is 0 Å². The first kappa shape index (κ1) is 28.2. The van der Waals surface area contributed by atoms with Crippen molar-refractivity contribution in [3.05, 3.63) is 101 Å². The first-order valence-electron chi connectivity index (χ1n) is 12.7. The van der Waals surface area contributed by atoms with Crippen LogP contribution < -0.4 is 16.0 Å². The van der Waals surface area contributed by atoms with E-state index in [1.54, 1.807) is 0 Å².